The molecule has 0 amide bonds. The molecule has 0 saturated heterocycles. The summed E-state index contributed by atoms with van der Waals surface area (Å²) in [5.74, 6) is 0.297. The summed E-state index contributed by atoms with van der Waals surface area (Å²) in [4.78, 5) is 3.90. The maximum absolute atomic E-state index is 12.6. The van der Waals surface area contributed by atoms with Crippen LogP contribution in [0.3, 0.4) is 0 Å². The number of benzene rings is 1. The third-order valence-electron chi connectivity index (χ3n) is 2.45. The Morgan fingerprint density at radius 2 is 1.95 bits per heavy atom. The second-order valence-electron chi connectivity index (χ2n) is 3.86. The molecule has 0 aliphatic rings. The number of hydrogen-bond acceptors (Lipinski definition) is 3. The first-order valence-corrected chi connectivity index (χ1v) is 5.78. The summed E-state index contributed by atoms with van der Waals surface area (Å²) < 4.78 is 37.8. The molecule has 0 radical (unpaired) electrons. The third-order valence-corrected chi connectivity index (χ3v) is 2.78. The molecule has 2 rings (SSSR count). The number of halogens is 4. The number of hydrogen-bond donors (Lipinski definition) is 1. The van der Waals surface area contributed by atoms with E-state index in [0.717, 1.165) is 18.2 Å². The molecule has 1 aromatic carbocycles. The normalized spacial score (nSPS) is 10.9. The van der Waals surface area contributed by atoms with E-state index in [0.29, 0.717) is 11.4 Å². The molecule has 0 bridgehead atoms. The highest BCUT2D eigenvalue weighted by molar-refractivity contribution is 6.33. The Morgan fingerprint density at radius 1 is 1.20 bits per heavy atom. The highest BCUT2D eigenvalue weighted by atomic mass is 35.5. The summed E-state index contributed by atoms with van der Waals surface area (Å²) in [5.41, 5.74) is -0.359. The van der Waals surface area contributed by atoms with Crippen molar-refractivity contribution in [2.45, 2.75) is 6.18 Å². The maximum Gasteiger partial charge on any atom is 0.416 e. The Morgan fingerprint density at radius 3 is 2.50 bits per heavy atom. The van der Waals surface area contributed by atoms with Crippen LogP contribution in [0, 0.1) is 11.3 Å². The first kappa shape index (κ1) is 14.2. The van der Waals surface area contributed by atoms with E-state index in [9.17, 15) is 13.2 Å². The van der Waals surface area contributed by atoms with Gasteiger partial charge in [0.05, 0.1) is 21.8 Å². The zero-order valence-corrected chi connectivity index (χ0v) is 10.6. The Bertz CT molecular complexity index is 660. The van der Waals surface area contributed by atoms with Gasteiger partial charge in [-0.2, -0.15) is 18.4 Å². The van der Waals surface area contributed by atoms with Crippen LogP contribution in [0.25, 0.3) is 0 Å². The van der Waals surface area contributed by atoms with Crippen LogP contribution in [0.1, 0.15) is 11.1 Å². The van der Waals surface area contributed by atoms with Gasteiger partial charge in [-0.15, -0.1) is 0 Å². The Kier molecular flexibility index (Phi) is 3.81. The standard InChI is InChI=1S/C13H7ClF3N3/c14-10-3-2-9(13(15,16)17)5-11(10)20-12-4-1-8(6-18)7-19-12/h1-5,7H,(H,19,20). The van der Waals surface area contributed by atoms with Crippen LogP contribution in [0.4, 0.5) is 24.7 Å². The zero-order valence-electron chi connectivity index (χ0n) is 9.87. The van der Waals surface area contributed by atoms with Crippen molar-refractivity contribution in [3.05, 3.63) is 52.7 Å². The molecule has 0 unspecified atom stereocenters. The first-order chi connectivity index (χ1) is 9.40. The molecule has 0 fully saturated rings. The van der Waals surface area contributed by atoms with E-state index in [4.69, 9.17) is 16.9 Å². The van der Waals surface area contributed by atoms with Crippen LogP contribution in [-0.2, 0) is 6.18 Å². The largest absolute Gasteiger partial charge is 0.416 e. The van der Waals surface area contributed by atoms with E-state index < -0.39 is 11.7 Å². The summed E-state index contributed by atoms with van der Waals surface area (Å²) >= 11 is 5.84. The van der Waals surface area contributed by atoms with Crippen LogP contribution in [0.5, 0.6) is 0 Å². The fourth-order valence-corrected chi connectivity index (χ4v) is 1.63. The van der Waals surface area contributed by atoms with Crippen LogP contribution in [-0.4, -0.2) is 4.98 Å². The van der Waals surface area contributed by atoms with Crippen molar-refractivity contribution in [3.8, 4) is 6.07 Å². The highest BCUT2D eigenvalue weighted by Crippen LogP contribution is 2.34. The van der Waals surface area contributed by atoms with Crippen molar-refractivity contribution in [1.29, 1.82) is 5.26 Å². The van der Waals surface area contributed by atoms with Gasteiger partial charge in [0.15, 0.2) is 0 Å². The highest BCUT2D eigenvalue weighted by Gasteiger charge is 2.30. The van der Waals surface area contributed by atoms with Gasteiger partial charge in [0.2, 0.25) is 0 Å². The predicted octanol–water partition coefficient (Wildman–Crippen LogP) is 4.37. The molecule has 7 heteroatoms. The van der Waals surface area contributed by atoms with Crippen molar-refractivity contribution in [2.75, 3.05) is 5.32 Å². The first-order valence-electron chi connectivity index (χ1n) is 5.40. The number of anilines is 2. The van der Waals surface area contributed by atoms with Crippen molar-refractivity contribution < 1.29 is 13.2 Å². The Balaban J connectivity index is 2.30. The van der Waals surface area contributed by atoms with Crippen molar-refractivity contribution >= 4 is 23.1 Å². The van der Waals surface area contributed by atoms with Gasteiger partial charge in [-0.3, -0.25) is 0 Å². The zero-order chi connectivity index (χ0) is 14.8. The van der Waals surface area contributed by atoms with E-state index in [2.05, 4.69) is 10.3 Å². The van der Waals surface area contributed by atoms with Gasteiger partial charge in [0.25, 0.3) is 0 Å². The lowest BCUT2D eigenvalue weighted by molar-refractivity contribution is -0.137. The lowest BCUT2D eigenvalue weighted by Crippen LogP contribution is -2.05. The monoisotopic (exact) mass is 297 g/mol. The molecule has 102 valence electrons. The number of aromatic nitrogens is 1. The number of alkyl halides is 3. The van der Waals surface area contributed by atoms with Crippen molar-refractivity contribution in [3.63, 3.8) is 0 Å². The average molecular weight is 298 g/mol. The summed E-state index contributed by atoms with van der Waals surface area (Å²) in [6.07, 6.45) is -3.14. The summed E-state index contributed by atoms with van der Waals surface area (Å²) in [6.45, 7) is 0. The topological polar surface area (TPSA) is 48.7 Å². The quantitative estimate of drug-likeness (QED) is 0.895. The maximum atomic E-state index is 12.6. The summed E-state index contributed by atoms with van der Waals surface area (Å²) in [6, 6.07) is 7.84. The summed E-state index contributed by atoms with van der Waals surface area (Å²) in [5, 5.41) is 11.5. The minimum absolute atomic E-state index is 0.0960. The van der Waals surface area contributed by atoms with Gasteiger partial charge < -0.3 is 5.32 Å². The van der Waals surface area contributed by atoms with Crippen LogP contribution in [0.2, 0.25) is 5.02 Å². The molecular formula is C13H7ClF3N3. The van der Waals surface area contributed by atoms with Crippen molar-refractivity contribution in [2.24, 2.45) is 0 Å². The molecule has 0 aliphatic heterocycles. The molecule has 1 aromatic heterocycles. The molecule has 0 aliphatic carbocycles. The van der Waals surface area contributed by atoms with Gasteiger partial charge in [0, 0.05) is 6.20 Å². The number of nitriles is 1. The number of pyridine rings is 1. The van der Waals surface area contributed by atoms with E-state index in [-0.39, 0.29) is 10.7 Å². The minimum atomic E-state index is -4.45. The van der Waals surface area contributed by atoms with E-state index in [1.807, 2.05) is 6.07 Å². The third kappa shape index (κ3) is 3.19. The fourth-order valence-electron chi connectivity index (χ4n) is 1.47. The predicted molar refractivity (Wildman–Crippen MR) is 68.7 cm³/mol. The smallest absolute Gasteiger partial charge is 0.339 e. The molecule has 1 heterocycles. The van der Waals surface area contributed by atoms with Crippen molar-refractivity contribution in [1.82, 2.24) is 4.98 Å². The number of nitrogens with zero attached hydrogens (tertiary/aromatic N) is 2. The van der Waals surface area contributed by atoms with Gasteiger partial charge in [-0.1, -0.05) is 11.6 Å². The second-order valence-corrected chi connectivity index (χ2v) is 4.27. The Hall–Kier alpha value is -2.26. The summed E-state index contributed by atoms with van der Waals surface area (Å²) in [7, 11) is 0. The SMILES string of the molecule is N#Cc1ccc(Nc2cc(C(F)(F)F)ccc2Cl)nc1. The van der Waals surface area contributed by atoms with Gasteiger partial charge >= 0.3 is 6.18 Å². The molecular weight excluding hydrogens is 291 g/mol. The molecule has 1 N–H and O–H groups in total. The average Bonchev–Trinajstić information content (AvgIpc) is 2.41. The van der Waals surface area contributed by atoms with Crippen LogP contribution in [0.15, 0.2) is 36.5 Å². The van der Waals surface area contributed by atoms with E-state index in [1.165, 1.54) is 18.3 Å². The fraction of sp³-hybridized carbons (Fsp3) is 0.0769. The second kappa shape index (κ2) is 5.39. The molecule has 0 spiro atoms. The molecule has 0 atom stereocenters. The number of nitrogens with one attached hydrogen (secondary N) is 1. The molecule has 20 heavy (non-hydrogen) atoms. The van der Waals surface area contributed by atoms with Crippen LogP contribution < -0.4 is 5.32 Å². The Labute approximate surface area is 117 Å². The lowest BCUT2D eigenvalue weighted by Gasteiger charge is -2.11. The van der Waals surface area contributed by atoms with Gasteiger partial charge in [-0.25, -0.2) is 4.98 Å². The van der Waals surface area contributed by atoms with Gasteiger partial charge in [0.1, 0.15) is 11.9 Å². The minimum Gasteiger partial charge on any atom is -0.339 e. The lowest BCUT2D eigenvalue weighted by atomic mass is 10.2. The van der Waals surface area contributed by atoms with E-state index >= 15 is 0 Å². The van der Waals surface area contributed by atoms with E-state index in [1.54, 1.807) is 0 Å². The number of rotatable bonds is 2. The molecule has 2 aromatic rings. The van der Waals surface area contributed by atoms with Crippen LogP contribution >= 0.6 is 11.6 Å². The molecule has 3 nitrogen and oxygen atoms in total. The molecule has 0 saturated carbocycles. The van der Waals surface area contributed by atoms with Gasteiger partial charge in [-0.05, 0) is 30.3 Å².